The lowest BCUT2D eigenvalue weighted by atomic mass is 9.84. The third kappa shape index (κ3) is 6.73. The summed E-state index contributed by atoms with van der Waals surface area (Å²) in [6.07, 6.45) is 0. The van der Waals surface area contributed by atoms with Crippen molar-refractivity contribution in [2.24, 2.45) is 0 Å². The summed E-state index contributed by atoms with van der Waals surface area (Å²) in [5.41, 5.74) is 16.8. The second-order valence-corrected chi connectivity index (χ2v) is 17.6. The molecule has 0 unspecified atom stereocenters. The van der Waals surface area contributed by atoms with E-state index in [-0.39, 0.29) is 0 Å². The Balaban J connectivity index is 1.01. The lowest BCUT2D eigenvalue weighted by Crippen LogP contribution is -2.11. The van der Waals surface area contributed by atoms with Crippen LogP contribution in [0, 0.1) is 0 Å². The maximum atomic E-state index is 6.51. The van der Waals surface area contributed by atoms with Crippen molar-refractivity contribution in [3.63, 3.8) is 0 Å². The third-order valence-corrected chi connectivity index (χ3v) is 13.6. The summed E-state index contributed by atoms with van der Waals surface area (Å²) in [6.45, 7) is 0. The molecule has 1 heterocycles. The SMILES string of the molecule is c1ccc(-c2ccc3cc(N(c4ccc(-c5cccc6c5oc5ccccc56)cc4)c4ccccc4-c4ccc5c(c4)c(-c4ccccc4)c(-c4ccccc4)c4ccccc45)ccc3c2)cc1. The number of fused-ring (bicyclic) bond motifs is 7. The Bertz CT molecular complexity index is 4000. The molecule has 0 aliphatic heterocycles. The average Bonchev–Trinajstić information content (AvgIpc) is 3.80. The van der Waals surface area contributed by atoms with Gasteiger partial charge >= 0.3 is 0 Å². The fourth-order valence-corrected chi connectivity index (χ4v) is 10.5. The van der Waals surface area contributed by atoms with Crippen molar-refractivity contribution in [3.8, 4) is 55.6 Å². The largest absolute Gasteiger partial charge is 0.455 e. The molecular weight excluding hydrogens is 823 g/mol. The fourth-order valence-electron chi connectivity index (χ4n) is 10.5. The van der Waals surface area contributed by atoms with Gasteiger partial charge in [-0.15, -0.1) is 0 Å². The zero-order valence-electron chi connectivity index (χ0n) is 37.2. The summed E-state index contributed by atoms with van der Waals surface area (Å²) < 4.78 is 6.51. The smallest absolute Gasteiger partial charge is 0.143 e. The van der Waals surface area contributed by atoms with E-state index in [2.05, 4.69) is 254 Å². The summed E-state index contributed by atoms with van der Waals surface area (Å²) in [5.74, 6) is 0. The number of benzene rings is 12. The highest BCUT2D eigenvalue weighted by Crippen LogP contribution is 2.48. The van der Waals surface area contributed by atoms with Crippen LogP contribution in [0.15, 0.2) is 265 Å². The first kappa shape index (κ1) is 39.4. The minimum Gasteiger partial charge on any atom is -0.455 e. The lowest BCUT2D eigenvalue weighted by molar-refractivity contribution is 0.670. The van der Waals surface area contributed by atoms with Crippen molar-refractivity contribution in [1.82, 2.24) is 0 Å². The van der Waals surface area contributed by atoms with Gasteiger partial charge in [0.25, 0.3) is 0 Å². The molecule has 0 bridgehead atoms. The predicted octanol–water partition coefficient (Wildman–Crippen LogP) is 18.9. The van der Waals surface area contributed by atoms with E-state index in [9.17, 15) is 0 Å². The van der Waals surface area contributed by atoms with Gasteiger partial charge in [-0.1, -0.05) is 212 Å². The standard InChI is InChI=1S/C66H43NO/c1-4-17-44(18-5-1)48-31-32-50-42-53(39-35-49(50)41-48)67(52-37-33-45(34-38-52)55-27-16-28-60-58-25-13-15-30-63(58)68-66(55)60)62-29-14-12-23-54(62)51-36-40-57-56-24-10-11-26-59(56)64(46-19-6-2-7-20-46)65(61(57)43-51)47-21-8-3-9-22-47/h1-43H. The number of rotatable bonds is 8. The van der Waals surface area contributed by atoms with E-state index in [4.69, 9.17) is 4.42 Å². The van der Waals surface area contributed by atoms with E-state index < -0.39 is 0 Å². The maximum Gasteiger partial charge on any atom is 0.143 e. The Labute approximate surface area is 395 Å². The molecule has 0 amide bonds. The highest BCUT2D eigenvalue weighted by atomic mass is 16.3. The number of hydrogen-bond acceptors (Lipinski definition) is 2. The second kappa shape index (κ2) is 16.5. The fraction of sp³-hybridized carbons (Fsp3) is 0. The predicted molar refractivity (Wildman–Crippen MR) is 288 cm³/mol. The van der Waals surface area contributed by atoms with Crippen LogP contribution in [0.4, 0.5) is 17.1 Å². The monoisotopic (exact) mass is 865 g/mol. The highest BCUT2D eigenvalue weighted by molar-refractivity contribution is 6.22. The van der Waals surface area contributed by atoms with Gasteiger partial charge in [0.1, 0.15) is 11.2 Å². The van der Waals surface area contributed by atoms with Crippen molar-refractivity contribution >= 4 is 71.3 Å². The van der Waals surface area contributed by atoms with Crippen LogP contribution in [0.5, 0.6) is 0 Å². The molecule has 0 aliphatic rings. The van der Waals surface area contributed by atoms with Gasteiger partial charge in [-0.2, -0.15) is 0 Å². The number of anilines is 3. The lowest BCUT2D eigenvalue weighted by Gasteiger charge is -2.28. The first-order chi connectivity index (χ1) is 33.7. The van der Waals surface area contributed by atoms with E-state index in [0.717, 1.165) is 61.3 Å². The zero-order chi connectivity index (χ0) is 45.0. The van der Waals surface area contributed by atoms with E-state index in [1.807, 2.05) is 12.1 Å². The molecule has 12 aromatic carbocycles. The molecular formula is C66H43NO. The van der Waals surface area contributed by atoms with E-state index in [1.165, 1.54) is 65.7 Å². The molecule has 0 fully saturated rings. The van der Waals surface area contributed by atoms with Crippen LogP contribution in [0.25, 0.3) is 110 Å². The minimum absolute atomic E-state index is 0.899. The quantitative estimate of drug-likeness (QED) is 0.142. The van der Waals surface area contributed by atoms with E-state index >= 15 is 0 Å². The molecule has 0 aliphatic carbocycles. The average molecular weight is 866 g/mol. The van der Waals surface area contributed by atoms with Crippen LogP contribution in [0.2, 0.25) is 0 Å². The molecule has 0 saturated heterocycles. The van der Waals surface area contributed by atoms with Crippen molar-refractivity contribution in [1.29, 1.82) is 0 Å². The van der Waals surface area contributed by atoms with Crippen molar-refractivity contribution in [3.05, 3.63) is 261 Å². The molecule has 318 valence electrons. The zero-order valence-corrected chi connectivity index (χ0v) is 37.2. The maximum absolute atomic E-state index is 6.51. The van der Waals surface area contributed by atoms with Crippen LogP contribution >= 0.6 is 0 Å². The van der Waals surface area contributed by atoms with Gasteiger partial charge < -0.3 is 9.32 Å². The summed E-state index contributed by atoms with van der Waals surface area (Å²) >= 11 is 0. The Morgan fingerprint density at radius 1 is 0.265 bits per heavy atom. The molecule has 68 heavy (non-hydrogen) atoms. The number of hydrogen-bond donors (Lipinski definition) is 0. The molecule has 0 radical (unpaired) electrons. The van der Waals surface area contributed by atoms with Gasteiger partial charge in [0, 0.05) is 33.3 Å². The van der Waals surface area contributed by atoms with Crippen LogP contribution in [-0.4, -0.2) is 0 Å². The molecule has 0 spiro atoms. The molecule has 13 aromatic rings. The third-order valence-electron chi connectivity index (χ3n) is 13.6. The van der Waals surface area contributed by atoms with E-state index in [0.29, 0.717) is 0 Å². The Morgan fingerprint density at radius 2 is 0.794 bits per heavy atom. The van der Waals surface area contributed by atoms with Gasteiger partial charge in [-0.3, -0.25) is 0 Å². The van der Waals surface area contributed by atoms with Crippen molar-refractivity contribution in [2.75, 3.05) is 4.90 Å². The first-order valence-corrected chi connectivity index (χ1v) is 23.3. The molecule has 2 nitrogen and oxygen atoms in total. The molecule has 0 saturated carbocycles. The van der Waals surface area contributed by atoms with Crippen LogP contribution in [0.3, 0.4) is 0 Å². The van der Waals surface area contributed by atoms with Gasteiger partial charge in [-0.25, -0.2) is 0 Å². The molecule has 0 N–H and O–H groups in total. The minimum atomic E-state index is 0.899. The topological polar surface area (TPSA) is 16.4 Å². The highest BCUT2D eigenvalue weighted by Gasteiger charge is 2.22. The van der Waals surface area contributed by atoms with Gasteiger partial charge in [0.05, 0.1) is 5.69 Å². The number of nitrogens with zero attached hydrogens (tertiary/aromatic N) is 1. The van der Waals surface area contributed by atoms with Gasteiger partial charge in [0.15, 0.2) is 0 Å². The van der Waals surface area contributed by atoms with Gasteiger partial charge in [-0.05, 0) is 125 Å². The molecule has 1 aromatic heterocycles. The van der Waals surface area contributed by atoms with Crippen LogP contribution in [-0.2, 0) is 0 Å². The Kier molecular flexibility index (Phi) is 9.54. The van der Waals surface area contributed by atoms with Crippen molar-refractivity contribution < 1.29 is 4.42 Å². The number of furan rings is 1. The summed E-state index contributed by atoms with van der Waals surface area (Å²) in [5, 5.41) is 9.57. The van der Waals surface area contributed by atoms with Crippen molar-refractivity contribution in [2.45, 2.75) is 0 Å². The first-order valence-electron chi connectivity index (χ1n) is 23.3. The second-order valence-electron chi connectivity index (χ2n) is 17.6. The van der Waals surface area contributed by atoms with Crippen LogP contribution < -0.4 is 4.90 Å². The van der Waals surface area contributed by atoms with E-state index in [1.54, 1.807) is 0 Å². The Morgan fingerprint density at radius 3 is 1.56 bits per heavy atom. The van der Waals surface area contributed by atoms with Crippen LogP contribution in [0.1, 0.15) is 0 Å². The normalized spacial score (nSPS) is 11.5. The summed E-state index contributed by atoms with van der Waals surface area (Å²) in [6, 6.07) is 94.6. The molecule has 2 heteroatoms. The van der Waals surface area contributed by atoms with Gasteiger partial charge in [0.2, 0.25) is 0 Å². The summed E-state index contributed by atoms with van der Waals surface area (Å²) in [7, 11) is 0. The molecule has 0 atom stereocenters. The number of para-hydroxylation sites is 3. The Hall–Kier alpha value is -8.98. The summed E-state index contributed by atoms with van der Waals surface area (Å²) in [4.78, 5) is 2.42. The molecule has 13 rings (SSSR count).